The van der Waals surface area contributed by atoms with Gasteiger partial charge in [0.05, 0.1) is 6.42 Å². The summed E-state index contributed by atoms with van der Waals surface area (Å²) in [6.07, 6.45) is 0.495. The number of anilines is 1. The second-order valence-corrected chi connectivity index (χ2v) is 4.30. The smallest absolute Gasteiger partial charge is 0.226 e. The Kier molecular flexibility index (Phi) is 5.01. The third-order valence-electron chi connectivity index (χ3n) is 2.92. The van der Waals surface area contributed by atoms with Crippen LogP contribution in [0.25, 0.3) is 0 Å². The molecule has 3 heteroatoms. The van der Waals surface area contributed by atoms with Crippen LogP contribution in [0.3, 0.4) is 0 Å². The first kappa shape index (κ1) is 13.6. The van der Waals surface area contributed by atoms with Crippen LogP contribution in [0.1, 0.15) is 19.4 Å². The lowest BCUT2D eigenvalue weighted by Gasteiger charge is -2.19. The van der Waals surface area contributed by atoms with E-state index in [1.807, 2.05) is 57.1 Å². The SMILES string of the molecule is CCN(CC)C(=O)Cc1ccc(N(C)C)cc1. The van der Waals surface area contributed by atoms with Gasteiger partial charge >= 0.3 is 0 Å². The molecule has 0 spiro atoms. The van der Waals surface area contributed by atoms with Gasteiger partial charge in [-0.3, -0.25) is 4.79 Å². The molecule has 0 atom stereocenters. The van der Waals surface area contributed by atoms with Crippen molar-refractivity contribution in [1.82, 2.24) is 4.90 Å². The second-order valence-electron chi connectivity index (χ2n) is 4.30. The molecule has 0 saturated heterocycles. The third-order valence-corrected chi connectivity index (χ3v) is 2.92. The molecule has 0 saturated carbocycles. The fraction of sp³-hybridized carbons (Fsp3) is 0.500. The highest BCUT2D eigenvalue weighted by Crippen LogP contribution is 2.13. The molecule has 0 aromatic heterocycles. The van der Waals surface area contributed by atoms with Crippen molar-refractivity contribution in [2.45, 2.75) is 20.3 Å². The van der Waals surface area contributed by atoms with E-state index in [4.69, 9.17) is 0 Å². The van der Waals surface area contributed by atoms with Crippen LogP contribution in [-0.2, 0) is 11.2 Å². The average Bonchev–Trinajstić information content (AvgIpc) is 2.31. The quantitative estimate of drug-likeness (QED) is 0.779. The zero-order valence-corrected chi connectivity index (χ0v) is 11.2. The van der Waals surface area contributed by atoms with Crippen molar-refractivity contribution in [2.24, 2.45) is 0 Å². The second kappa shape index (κ2) is 6.28. The van der Waals surface area contributed by atoms with Crippen LogP contribution in [0.15, 0.2) is 24.3 Å². The Bertz CT molecular complexity index is 353. The molecule has 1 aromatic rings. The minimum Gasteiger partial charge on any atom is -0.378 e. The molecule has 0 unspecified atom stereocenters. The standard InChI is InChI=1S/C14H22N2O/c1-5-16(6-2)14(17)11-12-7-9-13(10-8-12)15(3)4/h7-10H,5-6,11H2,1-4H3. The molecule has 1 aromatic carbocycles. The highest BCUT2D eigenvalue weighted by Gasteiger charge is 2.10. The van der Waals surface area contributed by atoms with Gasteiger partial charge in [0.15, 0.2) is 0 Å². The van der Waals surface area contributed by atoms with E-state index in [9.17, 15) is 4.79 Å². The first-order valence-electron chi connectivity index (χ1n) is 6.12. The molecular formula is C14H22N2O. The zero-order chi connectivity index (χ0) is 12.8. The van der Waals surface area contributed by atoms with Gasteiger partial charge in [0, 0.05) is 32.9 Å². The van der Waals surface area contributed by atoms with E-state index in [0.717, 1.165) is 24.3 Å². The number of benzene rings is 1. The maximum absolute atomic E-state index is 11.9. The van der Waals surface area contributed by atoms with Crippen molar-refractivity contribution in [3.05, 3.63) is 29.8 Å². The summed E-state index contributed by atoms with van der Waals surface area (Å²) in [5.41, 5.74) is 2.23. The molecule has 1 rings (SSSR count). The number of rotatable bonds is 5. The Morgan fingerprint density at radius 1 is 1.06 bits per heavy atom. The maximum Gasteiger partial charge on any atom is 0.226 e. The van der Waals surface area contributed by atoms with Gasteiger partial charge in [0.25, 0.3) is 0 Å². The van der Waals surface area contributed by atoms with Crippen LogP contribution >= 0.6 is 0 Å². The molecule has 0 aliphatic heterocycles. The van der Waals surface area contributed by atoms with Crippen LogP contribution in [-0.4, -0.2) is 38.0 Å². The Hall–Kier alpha value is -1.51. The summed E-state index contributed by atoms with van der Waals surface area (Å²) in [5.74, 6) is 0.201. The van der Waals surface area contributed by atoms with E-state index in [1.165, 1.54) is 0 Å². The Morgan fingerprint density at radius 2 is 1.59 bits per heavy atom. The van der Waals surface area contributed by atoms with Crippen molar-refractivity contribution in [2.75, 3.05) is 32.1 Å². The molecule has 0 radical (unpaired) electrons. The molecule has 17 heavy (non-hydrogen) atoms. The Morgan fingerprint density at radius 3 is 2.00 bits per heavy atom. The summed E-state index contributed by atoms with van der Waals surface area (Å²) >= 11 is 0. The van der Waals surface area contributed by atoms with Crippen LogP contribution < -0.4 is 4.90 Å². The molecule has 0 N–H and O–H groups in total. The van der Waals surface area contributed by atoms with E-state index in [0.29, 0.717) is 6.42 Å². The van der Waals surface area contributed by atoms with Crippen molar-refractivity contribution in [3.8, 4) is 0 Å². The number of likely N-dealkylation sites (N-methyl/N-ethyl adjacent to an activating group) is 1. The molecule has 94 valence electrons. The minimum atomic E-state index is 0.201. The van der Waals surface area contributed by atoms with E-state index >= 15 is 0 Å². The summed E-state index contributed by atoms with van der Waals surface area (Å²) in [6, 6.07) is 8.14. The predicted octanol–water partition coefficient (Wildman–Crippen LogP) is 2.16. The van der Waals surface area contributed by atoms with Crippen molar-refractivity contribution < 1.29 is 4.79 Å². The lowest BCUT2D eigenvalue weighted by Crippen LogP contribution is -2.31. The molecule has 3 nitrogen and oxygen atoms in total. The summed E-state index contributed by atoms with van der Waals surface area (Å²) in [4.78, 5) is 15.8. The van der Waals surface area contributed by atoms with E-state index in [2.05, 4.69) is 4.90 Å². The molecule has 0 heterocycles. The molecule has 0 aliphatic carbocycles. The van der Waals surface area contributed by atoms with Crippen molar-refractivity contribution in [1.29, 1.82) is 0 Å². The largest absolute Gasteiger partial charge is 0.378 e. The highest BCUT2D eigenvalue weighted by atomic mass is 16.2. The van der Waals surface area contributed by atoms with Gasteiger partial charge in [0.2, 0.25) is 5.91 Å². The number of hydrogen-bond donors (Lipinski definition) is 0. The van der Waals surface area contributed by atoms with Gasteiger partial charge in [-0.25, -0.2) is 0 Å². The van der Waals surface area contributed by atoms with Crippen LogP contribution in [0.4, 0.5) is 5.69 Å². The monoisotopic (exact) mass is 234 g/mol. The molecule has 0 aliphatic rings. The van der Waals surface area contributed by atoms with Gasteiger partial charge in [0.1, 0.15) is 0 Å². The first-order valence-corrected chi connectivity index (χ1v) is 6.12. The number of nitrogens with zero attached hydrogens (tertiary/aromatic N) is 2. The van der Waals surface area contributed by atoms with Crippen molar-refractivity contribution in [3.63, 3.8) is 0 Å². The van der Waals surface area contributed by atoms with Gasteiger partial charge in [-0.1, -0.05) is 12.1 Å². The molecular weight excluding hydrogens is 212 g/mol. The highest BCUT2D eigenvalue weighted by molar-refractivity contribution is 5.78. The summed E-state index contributed by atoms with van der Waals surface area (Å²) in [7, 11) is 4.02. The predicted molar refractivity (Wildman–Crippen MR) is 72.4 cm³/mol. The molecule has 0 bridgehead atoms. The Balaban J connectivity index is 2.66. The summed E-state index contributed by atoms with van der Waals surface area (Å²) in [5, 5.41) is 0. The van der Waals surface area contributed by atoms with Gasteiger partial charge in [-0.15, -0.1) is 0 Å². The number of carbonyl (C=O) groups excluding carboxylic acids is 1. The van der Waals surface area contributed by atoms with E-state index in [-0.39, 0.29) is 5.91 Å². The van der Waals surface area contributed by atoms with Gasteiger partial charge in [-0.05, 0) is 31.5 Å². The van der Waals surface area contributed by atoms with E-state index < -0.39 is 0 Å². The zero-order valence-electron chi connectivity index (χ0n) is 11.2. The van der Waals surface area contributed by atoms with E-state index in [1.54, 1.807) is 0 Å². The van der Waals surface area contributed by atoms with Gasteiger partial charge < -0.3 is 9.80 Å². The normalized spacial score (nSPS) is 10.1. The van der Waals surface area contributed by atoms with Crippen LogP contribution in [0, 0.1) is 0 Å². The molecule has 1 amide bonds. The number of amides is 1. The lowest BCUT2D eigenvalue weighted by atomic mass is 10.1. The van der Waals surface area contributed by atoms with Crippen LogP contribution in [0.2, 0.25) is 0 Å². The number of carbonyl (C=O) groups is 1. The van der Waals surface area contributed by atoms with Crippen molar-refractivity contribution >= 4 is 11.6 Å². The summed E-state index contributed by atoms with van der Waals surface area (Å²) in [6.45, 7) is 5.59. The fourth-order valence-corrected chi connectivity index (χ4v) is 1.77. The average molecular weight is 234 g/mol. The molecule has 0 fully saturated rings. The summed E-state index contributed by atoms with van der Waals surface area (Å²) < 4.78 is 0. The lowest BCUT2D eigenvalue weighted by molar-refractivity contribution is -0.130. The van der Waals surface area contributed by atoms with Crippen LogP contribution in [0.5, 0.6) is 0 Å². The maximum atomic E-state index is 11.9. The minimum absolute atomic E-state index is 0.201. The fourth-order valence-electron chi connectivity index (χ4n) is 1.77. The first-order chi connectivity index (χ1) is 8.08. The topological polar surface area (TPSA) is 23.6 Å². The number of hydrogen-bond acceptors (Lipinski definition) is 2. The third kappa shape index (κ3) is 3.77. The Labute approximate surface area is 104 Å². The van der Waals surface area contributed by atoms with Gasteiger partial charge in [-0.2, -0.15) is 0 Å².